The maximum absolute atomic E-state index is 10.4. The van der Waals surface area contributed by atoms with E-state index >= 15 is 0 Å². The lowest BCUT2D eigenvalue weighted by Crippen LogP contribution is -2.60. The van der Waals surface area contributed by atoms with Crippen LogP contribution in [0.25, 0.3) is 0 Å². The quantitative estimate of drug-likeness (QED) is 0.430. The van der Waals surface area contributed by atoms with Gasteiger partial charge in [0.15, 0.2) is 5.78 Å². The summed E-state index contributed by atoms with van der Waals surface area (Å²) in [6.45, 7) is 2.24. The van der Waals surface area contributed by atoms with Gasteiger partial charge in [-0.2, -0.15) is 0 Å². The van der Waals surface area contributed by atoms with Gasteiger partial charge >= 0.3 is 0 Å². The standard InChI is InChI=1S/C4H7NOS/c1-4(7)3(6)2-5-4/h5,7H,2H2,1H3. The van der Waals surface area contributed by atoms with Crippen LogP contribution < -0.4 is 5.32 Å². The Morgan fingerprint density at radius 2 is 2.43 bits per heavy atom. The van der Waals surface area contributed by atoms with Crippen LogP contribution in [0, 0.1) is 0 Å². The number of thiol groups is 1. The summed E-state index contributed by atoms with van der Waals surface area (Å²) in [6.07, 6.45) is 0. The minimum absolute atomic E-state index is 0.177. The minimum atomic E-state index is -0.514. The topological polar surface area (TPSA) is 29.1 Å². The Hall–Kier alpha value is -0.0200. The molecule has 0 amide bonds. The number of nitrogens with one attached hydrogen (secondary N) is 1. The van der Waals surface area contributed by atoms with Crippen LogP contribution in [0.1, 0.15) is 6.92 Å². The zero-order chi connectivity index (χ0) is 5.49. The summed E-state index contributed by atoms with van der Waals surface area (Å²) in [6, 6.07) is 0. The third-order valence-corrected chi connectivity index (χ3v) is 1.54. The third-order valence-electron chi connectivity index (χ3n) is 1.14. The number of rotatable bonds is 0. The SMILES string of the molecule is CC1(S)NCC1=O. The van der Waals surface area contributed by atoms with Crippen molar-refractivity contribution >= 4 is 18.4 Å². The van der Waals surface area contributed by atoms with Crippen molar-refractivity contribution in [1.29, 1.82) is 0 Å². The Morgan fingerprint density at radius 3 is 2.43 bits per heavy atom. The van der Waals surface area contributed by atoms with Crippen LogP contribution in [-0.4, -0.2) is 17.2 Å². The summed E-state index contributed by atoms with van der Waals surface area (Å²) in [4.78, 5) is 9.90. The smallest absolute Gasteiger partial charge is 0.176 e. The van der Waals surface area contributed by atoms with Crippen molar-refractivity contribution in [2.75, 3.05) is 6.54 Å². The molecule has 3 heteroatoms. The molecule has 1 N–H and O–H groups in total. The molecule has 0 aromatic rings. The number of carbonyl (C=O) groups excluding carboxylic acids is 1. The van der Waals surface area contributed by atoms with Gasteiger partial charge in [-0.3, -0.25) is 10.1 Å². The number of Topliss-reactive ketones (excluding diaryl/α,β-unsaturated/α-hetero) is 1. The van der Waals surface area contributed by atoms with Crippen LogP contribution in [0.4, 0.5) is 0 Å². The lowest BCUT2D eigenvalue weighted by Gasteiger charge is -2.32. The van der Waals surface area contributed by atoms with E-state index in [-0.39, 0.29) is 5.78 Å². The summed E-state index contributed by atoms with van der Waals surface area (Å²) in [5, 5.41) is 2.85. The molecule has 1 atom stereocenters. The maximum atomic E-state index is 10.4. The number of hydrogen-bond donors (Lipinski definition) is 2. The molecule has 40 valence electrons. The van der Waals surface area contributed by atoms with E-state index < -0.39 is 4.87 Å². The first-order chi connectivity index (χ1) is 3.13. The van der Waals surface area contributed by atoms with Crippen molar-refractivity contribution < 1.29 is 4.79 Å². The molecule has 7 heavy (non-hydrogen) atoms. The average molecular weight is 117 g/mol. The molecule has 1 heterocycles. The molecule has 1 aliphatic heterocycles. The first-order valence-electron chi connectivity index (χ1n) is 2.13. The predicted octanol–water partition coefficient (Wildman–Crippen LogP) is -0.195. The lowest BCUT2D eigenvalue weighted by molar-refractivity contribution is -0.126. The summed E-state index contributed by atoms with van der Waals surface area (Å²) in [7, 11) is 0. The fraction of sp³-hybridized carbons (Fsp3) is 0.750. The first-order valence-corrected chi connectivity index (χ1v) is 2.58. The zero-order valence-corrected chi connectivity index (χ0v) is 4.96. The van der Waals surface area contributed by atoms with Crippen molar-refractivity contribution in [3.8, 4) is 0 Å². The van der Waals surface area contributed by atoms with E-state index in [1.165, 1.54) is 0 Å². The van der Waals surface area contributed by atoms with Crippen molar-refractivity contribution in [1.82, 2.24) is 5.32 Å². The second-order valence-corrected chi connectivity index (χ2v) is 2.74. The molecular formula is C4H7NOS. The summed E-state index contributed by atoms with van der Waals surface area (Å²) in [5.74, 6) is 0.177. The fourth-order valence-corrected chi connectivity index (χ4v) is 0.575. The molecule has 1 aliphatic rings. The Morgan fingerprint density at radius 1 is 2.00 bits per heavy atom. The van der Waals surface area contributed by atoms with Gasteiger partial charge in [-0.1, -0.05) is 0 Å². The average Bonchev–Trinajstić information content (AvgIpc) is 1.63. The number of carbonyl (C=O) groups is 1. The molecule has 0 bridgehead atoms. The molecule has 1 saturated heterocycles. The van der Waals surface area contributed by atoms with Gasteiger partial charge in [0.1, 0.15) is 4.87 Å². The van der Waals surface area contributed by atoms with E-state index in [1.54, 1.807) is 6.92 Å². The highest BCUT2D eigenvalue weighted by Crippen LogP contribution is 2.16. The zero-order valence-electron chi connectivity index (χ0n) is 4.06. The Labute approximate surface area is 47.7 Å². The van der Waals surface area contributed by atoms with Gasteiger partial charge in [-0.25, -0.2) is 0 Å². The molecule has 0 aromatic heterocycles. The highest BCUT2D eigenvalue weighted by molar-refractivity contribution is 7.82. The molecule has 0 aromatic carbocycles. The molecule has 1 unspecified atom stereocenters. The van der Waals surface area contributed by atoms with E-state index in [1.807, 2.05) is 0 Å². The van der Waals surface area contributed by atoms with Gasteiger partial charge in [0.05, 0.1) is 6.54 Å². The molecule has 0 aliphatic carbocycles. The number of ketones is 1. The van der Waals surface area contributed by atoms with E-state index in [2.05, 4.69) is 17.9 Å². The lowest BCUT2D eigenvalue weighted by atomic mass is 10.1. The van der Waals surface area contributed by atoms with Gasteiger partial charge < -0.3 is 0 Å². The monoisotopic (exact) mass is 117 g/mol. The molecule has 0 radical (unpaired) electrons. The van der Waals surface area contributed by atoms with Crippen LogP contribution in [0.2, 0.25) is 0 Å². The van der Waals surface area contributed by atoms with Gasteiger partial charge in [0.2, 0.25) is 0 Å². The van der Waals surface area contributed by atoms with E-state index in [9.17, 15) is 4.79 Å². The molecular weight excluding hydrogens is 110 g/mol. The highest BCUT2D eigenvalue weighted by Gasteiger charge is 2.36. The number of hydrogen-bond acceptors (Lipinski definition) is 3. The summed E-state index contributed by atoms with van der Waals surface area (Å²) in [5.41, 5.74) is 0. The van der Waals surface area contributed by atoms with Crippen LogP contribution in [0.5, 0.6) is 0 Å². The van der Waals surface area contributed by atoms with Gasteiger partial charge in [-0.15, -0.1) is 12.6 Å². The van der Waals surface area contributed by atoms with Crippen molar-refractivity contribution in [2.24, 2.45) is 0 Å². The largest absolute Gasteiger partial charge is 0.295 e. The van der Waals surface area contributed by atoms with E-state index in [4.69, 9.17) is 0 Å². The first kappa shape index (κ1) is 5.12. The summed E-state index contributed by atoms with van der Waals surface area (Å²) >= 11 is 3.98. The Kier molecular flexibility index (Phi) is 0.900. The summed E-state index contributed by atoms with van der Waals surface area (Å²) < 4.78 is 0. The molecule has 2 nitrogen and oxygen atoms in total. The van der Waals surface area contributed by atoms with E-state index in [0.717, 1.165) is 0 Å². The normalized spacial score (nSPS) is 40.6. The molecule has 1 fully saturated rings. The maximum Gasteiger partial charge on any atom is 0.176 e. The van der Waals surface area contributed by atoms with Crippen molar-refractivity contribution in [3.63, 3.8) is 0 Å². The molecule has 1 rings (SSSR count). The van der Waals surface area contributed by atoms with Crippen molar-refractivity contribution in [3.05, 3.63) is 0 Å². The van der Waals surface area contributed by atoms with Crippen LogP contribution in [-0.2, 0) is 4.79 Å². The van der Waals surface area contributed by atoms with Gasteiger partial charge in [-0.05, 0) is 6.92 Å². The van der Waals surface area contributed by atoms with Gasteiger partial charge in [0, 0.05) is 0 Å². The Bertz CT molecular complexity index is 110. The second-order valence-electron chi connectivity index (χ2n) is 1.85. The van der Waals surface area contributed by atoms with E-state index in [0.29, 0.717) is 6.54 Å². The van der Waals surface area contributed by atoms with Crippen LogP contribution >= 0.6 is 12.6 Å². The van der Waals surface area contributed by atoms with Crippen LogP contribution in [0.3, 0.4) is 0 Å². The minimum Gasteiger partial charge on any atom is -0.295 e. The third kappa shape index (κ3) is 0.660. The molecule has 0 spiro atoms. The van der Waals surface area contributed by atoms with Crippen molar-refractivity contribution in [2.45, 2.75) is 11.8 Å². The molecule has 0 saturated carbocycles. The second kappa shape index (κ2) is 1.23. The fourth-order valence-electron chi connectivity index (χ4n) is 0.416. The Balaban J connectivity index is 2.59. The predicted molar refractivity (Wildman–Crippen MR) is 30.4 cm³/mol. The van der Waals surface area contributed by atoms with Crippen LogP contribution in [0.15, 0.2) is 0 Å². The highest BCUT2D eigenvalue weighted by atomic mass is 32.1. The van der Waals surface area contributed by atoms with Gasteiger partial charge in [0.25, 0.3) is 0 Å².